The molecule has 5 heteroatoms. The summed E-state index contributed by atoms with van der Waals surface area (Å²) < 4.78 is 13.1. The van der Waals surface area contributed by atoms with E-state index in [1.807, 2.05) is 0 Å². The first-order chi connectivity index (χ1) is 6.75. The summed E-state index contributed by atoms with van der Waals surface area (Å²) in [7, 11) is 0. The molecule has 0 spiro atoms. The maximum absolute atomic E-state index is 13.1. The summed E-state index contributed by atoms with van der Waals surface area (Å²) in [6.07, 6.45) is 0. The third-order valence-electron chi connectivity index (χ3n) is 1.39. The normalized spacial score (nSPS) is 8.43. The Morgan fingerprint density at radius 3 is 3.00 bits per heavy atom. The number of azide groups is 1. The highest BCUT2D eigenvalue weighted by atomic mass is 35.5. The zero-order valence-electron chi connectivity index (χ0n) is 7.04. The first kappa shape index (κ1) is 10.4. The molecule has 14 heavy (non-hydrogen) atoms. The standard InChI is InChI=1S/C9H5ClFN3/c10-8-4-1-5-9(11)7(8)3-2-6-13-14-12/h1,4-5H,6H2. The highest BCUT2D eigenvalue weighted by Gasteiger charge is 2.01. The third-order valence-corrected chi connectivity index (χ3v) is 1.70. The van der Waals surface area contributed by atoms with Crippen molar-refractivity contribution in [2.45, 2.75) is 0 Å². The van der Waals surface area contributed by atoms with Gasteiger partial charge in [0, 0.05) is 4.91 Å². The molecule has 0 saturated carbocycles. The summed E-state index contributed by atoms with van der Waals surface area (Å²) in [4.78, 5) is 2.51. The monoisotopic (exact) mass is 209 g/mol. The molecular weight excluding hydrogens is 205 g/mol. The lowest BCUT2D eigenvalue weighted by atomic mass is 10.2. The van der Waals surface area contributed by atoms with E-state index in [0.29, 0.717) is 0 Å². The molecule has 0 amide bonds. The van der Waals surface area contributed by atoms with Crippen molar-refractivity contribution in [2.24, 2.45) is 5.11 Å². The van der Waals surface area contributed by atoms with Crippen molar-refractivity contribution >= 4 is 11.6 Å². The Labute approximate surface area is 85.1 Å². The van der Waals surface area contributed by atoms with Crippen LogP contribution in [-0.4, -0.2) is 6.54 Å². The Balaban J connectivity index is 2.94. The van der Waals surface area contributed by atoms with E-state index in [4.69, 9.17) is 17.1 Å². The second-order valence-electron chi connectivity index (χ2n) is 2.29. The molecule has 70 valence electrons. The summed E-state index contributed by atoms with van der Waals surface area (Å²) in [5.41, 5.74) is 8.09. The first-order valence-corrected chi connectivity index (χ1v) is 4.07. The van der Waals surface area contributed by atoms with Crippen LogP contribution in [-0.2, 0) is 0 Å². The zero-order valence-corrected chi connectivity index (χ0v) is 7.79. The van der Waals surface area contributed by atoms with Crippen molar-refractivity contribution in [3.8, 4) is 11.8 Å². The summed E-state index contributed by atoms with van der Waals surface area (Å²) in [5.74, 6) is 4.50. The fourth-order valence-electron chi connectivity index (χ4n) is 0.812. The Kier molecular flexibility index (Phi) is 3.81. The van der Waals surface area contributed by atoms with E-state index in [9.17, 15) is 4.39 Å². The highest BCUT2D eigenvalue weighted by molar-refractivity contribution is 6.31. The van der Waals surface area contributed by atoms with Crippen LogP contribution < -0.4 is 0 Å². The van der Waals surface area contributed by atoms with Gasteiger partial charge in [0.1, 0.15) is 5.82 Å². The Morgan fingerprint density at radius 2 is 2.36 bits per heavy atom. The molecule has 0 aliphatic heterocycles. The van der Waals surface area contributed by atoms with Crippen LogP contribution in [0, 0.1) is 17.7 Å². The third kappa shape index (κ3) is 2.67. The van der Waals surface area contributed by atoms with Gasteiger partial charge < -0.3 is 0 Å². The van der Waals surface area contributed by atoms with Crippen molar-refractivity contribution < 1.29 is 4.39 Å². The van der Waals surface area contributed by atoms with Gasteiger partial charge in [-0.25, -0.2) is 4.39 Å². The van der Waals surface area contributed by atoms with Gasteiger partial charge in [-0.3, -0.25) is 0 Å². The van der Waals surface area contributed by atoms with Gasteiger partial charge in [0.25, 0.3) is 0 Å². The molecule has 0 aromatic heterocycles. The molecular formula is C9H5ClFN3. The van der Waals surface area contributed by atoms with Gasteiger partial charge in [-0.2, -0.15) is 0 Å². The van der Waals surface area contributed by atoms with Gasteiger partial charge in [0.05, 0.1) is 17.1 Å². The number of rotatable bonds is 1. The van der Waals surface area contributed by atoms with Crippen molar-refractivity contribution in [2.75, 3.05) is 6.54 Å². The molecule has 1 aromatic carbocycles. The van der Waals surface area contributed by atoms with E-state index in [2.05, 4.69) is 21.9 Å². The molecule has 0 saturated heterocycles. The van der Waals surface area contributed by atoms with Gasteiger partial charge in [-0.05, 0) is 17.7 Å². The molecule has 0 bridgehead atoms. The minimum Gasteiger partial charge on any atom is -0.206 e. The summed E-state index contributed by atoms with van der Waals surface area (Å²) >= 11 is 5.70. The van der Waals surface area contributed by atoms with Crippen molar-refractivity contribution in [1.29, 1.82) is 0 Å². The Hall–Kier alpha value is -1.69. The maximum Gasteiger partial charge on any atom is 0.140 e. The molecule has 0 fully saturated rings. The van der Waals surface area contributed by atoms with Crippen LogP contribution in [0.25, 0.3) is 10.4 Å². The molecule has 1 aromatic rings. The lowest BCUT2D eigenvalue weighted by Crippen LogP contribution is -1.84. The SMILES string of the molecule is [N-]=[N+]=NCC#Cc1c(F)cccc1Cl. The van der Waals surface area contributed by atoms with Crippen LogP contribution >= 0.6 is 11.6 Å². The Bertz CT molecular complexity index is 421. The molecule has 0 radical (unpaired) electrons. The molecule has 3 nitrogen and oxygen atoms in total. The molecule has 0 heterocycles. The zero-order chi connectivity index (χ0) is 10.4. The van der Waals surface area contributed by atoms with Gasteiger partial charge >= 0.3 is 0 Å². The smallest absolute Gasteiger partial charge is 0.140 e. The van der Waals surface area contributed by atoms with Gasteiger partial charge in [0.2, 0.25) is 0 Å². The molecule has 0 atom stereocenters. The fourth-order valence-corrected chi connectivity index (χ4v) is 1.02. The average Bonchev–Trinajstić information content (AvgIpc) is 2.16. The molecule has 0 unspecified atom stereocenters. The van der Waals surface area contributed by atoms with E-state index in [1.165, 1.54) is 12.1 Å². The lowest BCUT2D eigenvalue weighted by Gasteiger charge is -1.95. The second kappa shape index (κ2) is 5.13. The van der Waals surface area contributed by atoms with E-state index in [-0.39, 0.29) is 17.1 Å². The average molecular weight is 210 g/mol. The number of benzene rings is 1. The van der Waals surface area contributed by atoms with Crippen LogP contribution in [0.4, 0.5) is 4.39 Å². The number of hydrogen-bond acceptors (Lipinski definition) is 1. The van der Waals surface area contributed by atoms with Crippen molar-refractivity contribution in [3.05, 3.63) is 45.0 Å². The first-order valence-electron chi connectivity index (χ1n) is 3.69. The highest BCUT2D eigenvalue weighted by Crippen LogP contribution is 2.17. The topological polar surface area (TPSA) is 48.8 Å². The van der Waals surface area contributed by atoms with Gasteiger partial charge in [0.15, 0.2) is 0 Å². The van der Waals surface area contributed by atoms with Gasteiger partial charge in [-0.1, -0.05) is 34.6 Å². The van der Waals surface area contributed by atoms with Crippen LogP contribution in [0.3, 0.4) is 0 Å². The fraction of sp³-hybridized carbons (Fsp3) is 0.111. The summed E-state index contributed by atoms with van der Waals surface area (Å²) in [6, 6.07) is 4.31. The number of nitrogens with zero attached hydrogens (tertiary/aromatic N) is 3. The Morgan fingerprint density at radius 1 is 1.57 bits per heavy atom. The van der Waals surface area contributed by atoms with Crippen LogP contribution in [0.5, 0.6) is 0 Å². The van der Waals surface area contributed by atoms with Crippen molar-refractivity contribution in [3.63, 3.8) is 0 Å². The van der Waals surface area contributed by atoms with Crippen LogP contribution in [0.1, 0.15) is 5.56 Å². The van der Waals surface area contributed by atoms with E-state index >= 15 is 0 Å². The predicted molar refractivity (Wildman–Crippen MR) is 52.3 cm³/mol. The summed E-state index contributed by atoms with van der Waals surface area (Å²) in [5, 5.41) is 3.44. The van der Waals surface area contributed by atoms with E-state index in [1.54, 1.807) is 6.07 Å². The summed E-state index contributed by atoms with van der Waals surface area (Å²) in [6.45, 7) is 0.00115. The minimum atomic E-state index is -0.481. The molecule has 0 aliphatic carbocycles. The number of hydrogen-bond donors (Lipinski definition) is 0. The lowest BCUT2D eigenvalue weighted by molar-refractivity contribution is 0.624. The molecule has 1 rings (SSSR count). The quantitative estimate of drug-likeness (QED) is 0.295. The predicted octanol–water partition coefficient (Wildman–Crippen LogP) is 3.14. The maximum atomic E-state index is 13.1. The molecule has 0 aliphatic rings. The second-order valence-corrected chi connectivity index (χ2v) is 2.69. The minimum absolute atomic E-state index is 0.00115. The van der Waals surface area contributed by atoms with Crippen LogP contribution in [0.15, 0.2) is 23.3 Å². The van der Waals surface area contributed by atoms with Crippen LogP contribution in [0.2, 0.25) is 5.02 Å². The van der Waals surface area contributed by atoms with Gasteiger partial charge in [-0.15, -0.1) is 0 Å². The van der Waals surface area contributed by atoms with Crippen molar-refractivity contribution in [1.82, 2.24) is 0 Å². The number of halogens is 2. The van der Waals surface area contributed by atoms with E-state index in [0.717, 1.165) is 0 Å². The molecule has 0 N–H and O–H groups in total. The largest absolute Gasteiger partial charge is 0.206 e. The van der Waals surface area contributed by atoms with E-state index < -0.39 is 5.82 Å².